The van der Waals surface area contributed by atoms with Gasteiger partial charge < -0.3 is 5.21 Å². The molecule has 0 aliphatic carbocycles. The number of aromatic nitrogens is 1. The highest BCUT2D eigenvalue weighted by atomic mass is 35.5. The SMILES string of the molecule is [O-][n+]1ccc(Cl)cc1C(F)(F)F. The van der Waals surface area contributed by atoms with E-state index in [1.54, 1.807) is 0 Å². The van der Waals surface area contributed by atoms with Crippen molar-refractivity contribution in [3.63, 3.8) is 0 Å². The lowest BCUT2D eigenvalue weighted by atomic mass is 10.3. The second-order valence-electron chi connectivity index (χ2n) is 2.05. The molecule has 0 bridgehead atoms. The smallest absolute Gasteiger partial charge is 0.478 e. The largest absolute Gasteiger partial charge is 0.618 e. The summed E-state index contributed by atoms with van der Waals surface area (Å²) >= 11 is 5.27. The monoisotopic (exact) mass is 197 g/mol. The van der Waals surface area contributed by atoms with Gasteiger partial charge in [-0.2, -0.15) is 17.9 Å². The molecular weight excluding hydrogens is 195 g/mol. The zero-order valence-electron chi connectivity index (χ0n) is 5.60. The molecule has 2 nitrogen and oxygen atoms in total. The number of nitrogens with zero attached hydrogens (tertiary/aromatic N) is 1. The van der Waals surface area contributed by atoms with Gasteiger partial charge in [-0.1, -0.05) is 11.6 Å². The van der Waals surface area contributed by atoms with Crippen molar-refractivity contribution in [1.29, 1.82) is 0 Å². The lowest BCUT2D eigenvalue weighted by Gasteiger charge is -2.06. The molecule has 0 fully saturated rings. The Morgan fingerprint density at radius 2 is 2.00 bits per heavy atom. The molecule has 0 amide bonds. The van der Waals surface area contributed by atoms with Crippen molar-refractivity contribution in [2.24, 2.45) is 0 Å². The molecule has 1 aromatic heterocycles. The van der Waals surface area contributed by atoms with Crippen molar-refractivity contribution in [2.75, 3.05) is 0 Å². The highest BCUT2D eigenvalue weighted by Crippen LogP contribution is 2.27. The van der Waals surface area contributed by atoms with Crippen molar-refractivity contribution in [2.45, 2.75) is 6.18 Å². The van der Waals surface area contributed by atoms with E-state index < -0.39 is 11.9 Å². The zero-order valence-corrected chi connectivity index (χ0v) is 6.36. The standard InChI is InChI=1S/C6H3ClF3NO/c7-4-1-2-11(12)5(3-4)6(8,9)10/h1-3H. The van der Waals surface area contributed by atoms with Crippen LogP contribution in [0, 0.1) is 5.21 Å². The molecular formula is C6H3ClF3NO. The van der Waals surface area contributed by atoms with Crippen LogP contribution in [0.15, 0.2) is 18.3 Å². The van der Waals surface area contributed by atoms with Crippen molar-refractivity contribution >= 4 is 11.6 Å². The van der Waals surface area contributed by atoms with E-state index in [9.17, 15) is 18.4 Å². The third-order valence-corrected chi connectivity index (χ3v) is 1.41. The van der Waals surface area contributed by atoms with Gasteiger partial charge in [0.05, 0.1) is 5.02 Å². The molecule has 0 aromatic carbocycles. The first-order valence-corrected chi connectivity index (χ1v) is 3.25. The number of halogens is 4. The van der Waals surface area contributed by atoms with Crippen molar-refractivity contribution in [3.8, 4) is 0 Å². The maximum atomic E-state index is 11.9. The quantitative estimate of drug-likeness (QED) is 0.462. The van der Waals surface area contributed by atoms with Crippen LogP contribution in [-0.2, 0) is 6.18 Å². The Morgan fingerprint density at radius 1 is 1.42 bits per heavy atom. The van der Waals surface area contributed by atoms with Crippen molar-refractivity contribution < 1.29 is 17.9 Å². The fraction of sp³-hybridized carbons (Fsp3) is 0.167. The third-order valence-electron chi connectivity index (χ3n) is 1.17. The number of alkyl halides is 3. The Morgan fingerprint density at radius 3 is 2.42 bits per heavy atom. The molecule has 0 unspecified atom stereocenters. The molecule has 0 radical (unpaired) electrons. The lowest BCUT2D eigenvalue weighted by molar-refractivity contribution is -0.629. The van der Waals surface area contributed by atoms with Crippen LogP contribution in [0.5, 0.6) is 0 Å². The molecule has 0 saturated carbocycles. The van der Waals surface area contributed by atoms with Crippen LogP contribution in [0.4, 0.5) is 13.2 Å². The van der Waals surface area contributed by atoms with Crippen LogP contribution in [0.3, 0.4) is 0 Å². The first-order valence-electron chi connectivity index (χ1n) is 2.87. The molecule has 66 valence electrons. The molecule has 0 spiro atoms. The van der Waals surface area contributed by atoms with Crippen LogP contribution >= 0.6 is 11.6 Å². The van der Waals surface area contributed by atoms with Crippen molar-refractivity contribution in [1.82, 2.24) is 0 Å². The first-order chi connectivity index (χ1) is 5.41. The molecule has 0 aliphatic heterocycles. The molecule has 0 atom stereocenters. The Labute approximate surface area is 70.8 Å². The van der Waals surface area contributed by atoms with Gasteiger partial charge in [-0.25, -0.2) is 0 Å². The molecule has 0 N–H and O–H groups in total. The average molecular weight is 198 g/mol. The topological polar surface area (TPSA) is 26.9 Å². The van der Waals surface area contributed by atoms with Gasteiger partial charge in [-0.05, 0) is 0 Å². The molecule has 1 rings (SSSR count). The summed E-state index contributed by atoms with van der Waals surface area (Å²) in [5.74, 6) is 0. The number of pyridine rings is 1. The van der Waals surface area contributed by atoms with Crippen LogP contribution in [0.2, 0.25) is 5.02 Å². The number of hydrogen-bond acceptors (Lipinski definition) is 1. The van der Waals surface area contributed by atoms with Gasteiger partial charge in [0.2, 0.25) is 0 Å². The Bertz CT molecular complexity index is 299. The molecule has 1 heterocycles. The van der Waals surface area contributed by atoms with Gasteiger partial charge in [-0.3, -0.25) is 0 Å². The third kappa shape index (κ3) is 1.79. The van der Waals surface area contributed by atoms with Crippen LogP contribution in [0.25, 0.3) is 0 Å². The summed E-state index contributed by atoms with van der Waals surface area (Å²) in [5.41, 5.74) is -1.31. The predicted octanol–water partition coefficient (Wildman–Crippen LogP) is 1.99. The zero-order chi connectivity index (χ0) is 9.35. The normalized spacial score (nSPS) is 11.7. The highest BCUT2D eigenvalue weighted by molar-refractivity contribution is 6.30. The second-order valence-corrected chi connectivity index (χ2v) is 2.49. The summed E-state index contributed by atoms with van der Waals surface area (Å²) < 4.78 is 35.6. The van der Waals surface area contributed by atoms with Gasteiger partial charge in [0, 0.05) is 12.1 Å². The van der Waals surface area contributed by atoms with E-state index >= 15 is 0 Å². The lowest BCUT2D eigenvalue weighted by Crippen LogP contribution is -2.35. The fourth-order valence-corrected chi connectivity index (χ4v) is 0.828. The van der Waals surface area contributed by atoms with E-state index in [2.05, 4.69) is 0 Å². The maximum Gasteiger partial charge on any atom is 0.478 e. The Hall–Kier alpha value is -0.970. The van der Waals surface area contributed by atoms with Gasteiger partial charge in [0.1, 0.15) is 0 Å². The van der Waals surface area contributed by atoms with Gasteiger partial charge in [-0.15, -0.1) is 0 Å². The average Bonchev–Trinajstić information content (AvgIpc) is 1.92. The summed E-state index contributed by atoms with van der Waals surface area (Å²) in [6.07, 6.45) is -3.95. The van der Waals surface area contributed by atoms with Gasteiger partial charge >= 0.3 is 6.18 Å². The molecule has 0 aliphatic rings. The Kier molecular flexibility index (Phi) is 2.14. The van der Waals surface area contributed by atoms with E-state index in [-0.39, 0.29) is 9.75 Å². The van der Waals surface area contributed by atoms with Crippen molar-refractivity contribution in [3.05, 3.63) is 34.3 Å². The minimum absolute atomic E-state index is 0.116. The summed E-state index contributed by atoms with van der Waals surface area (Å²) in [6.45, 7) is 0. The maximum absolute atomic E-state index is 11.9. The van der Waals surface area contributed by atoms with Crippen LogP contribution in [-0.4, -0.2) is 0 Å². The Balaban J connectivity index is 3.23. The van der Waals surface area contributed by atoms with Crippen LogP contribution in [0.1, 0.15) is 5.69 Å². The highest BCUT2D eigenvalue weighted by Gasteiger charge is 2.39. The summed E-state index contributed by atoms with van der Waals surface area (Å²) in [7, 11) is 0. The van der Waals surface area contributed by atoms with E-state index in [0.717, 1.165) is 6.07 Å². The summed E-state index contributed by atoms with van der Waals surface area (Å²) in [4.78, 5) is 0. The van der Waals surface area contributed by atoms with E-state index in [4.69, 9.17) is 11.6 Å². The molecule has 1 aromatic rings. The second kappa shape index (κ2) is 2.82. The van der Waals surface area contributed by atoms with E-state index in [1.165, 1.54) is 0 Å². The minimum atomic E-state index is -4.66. The van der Waals surface area contributed by atoms with E-state index in [1.807, 2.05) is 0 Å². The van der Waals surface area contributed by atoms with Gasteiger partial charge in [0.25, 0.3) is 5.69 Å². The molecule has 12 heavy (non-hydrogen) atoms. The summed E-state index contributed by atoms with van der Waals surface area (Å²) in [6, 6.07) is 1.67. The van der Waals surface area contributed by atoms with Gasteiger partial charge in [0.15, 0.2) is 6.20 Å². The number of rotatable bonds is 0. The number of hydrogen-bond donors (Lipinski definition) is 0. The first kappa shape index (κ1) is 9.12. The van der Waals surface area contributed by atoms with Crippen LogP contribution < -0.4 is 4.73 Å². The fourth-order valence-electron chi connectivity index (χ4n) is 0.668. The molecule has 0 saturated heterocycles. The van der Waals surface area contributed by atoms with E-state index in [0.29, 0.717) is 12.3 Å². The molecule has 6 heteroatoms. The minimum Gasteiger partial charge on any atom is -0.618 e. The predicted molar refractivity (Wildman–Crippen MR) is 35.4 cm³/mol. The summed E-state index contributed by atoms with van der Waals surface area (Å²) in [5, 5.41) is 10.4.